The molecule has 3 rings (SSSR count). The lowest BCUT2D eigenvalue weighted by atomic mass is 9.84. The van der Waals surface area contributed by atoms with Crippen molar-refractivity contribution in [1.82, 2.24) is 0 Å². The highest BCUT2D eigenvalue weighted by Gasteiger charge is 2.48. The van der Waals surface area contributed by atoms with Crippen molar-refractivity contribution in [3.8, 4) is 5.75 Å². The number of para-hydroxylation sites is 1. The van der Waals surface area contributed by atoms with E-state index in [4.69, 9.17) is 9.47 Å². The van der Waals surface area contributed by atoms with E-state index in [1.807, 2.05) is 6.07 Å². The number of carbonyl (C=O) groups is 2. The Labute approximate surface area is 122 Å². The highest BCUT2D eigenvalue weighted by Crippen LogP contribution is 2.38. The summed E-state index contributed by atoms with van der Waals surface area (Å²) in [6.45, 7) is 1.27. The first-order valence-corrected chi connectivity index (χ1v) is 6.65. The summed E-state index contributed by atoms with van der Waals surface area (Å²) < 4.78 is 11.1. The monoisotopic (exact) mass is 282 g/mol. The number of Topliss-reactive ketones (excluding diaryl/α,β-unsaturated/α-hetero) is 1. The van der Waals surface area contributed by atoms with Crippen LogP contribution in [0.3, 0.4) is 0 Å². The molecule has 0 spiro atoms. The number of ether oxygens (including phenoxy) is 2. The molecular weight excluding hydrogens is 268 g/mol. The second-order valence-corrected chi connectivity index (χ2v) is 4.90. The molecule has 0 saturated heterocycles. The average Bonchev–Trinajstić information content (AvgIpc) is 2.51. The smallest absolute Gasteiger partial charge is 0.304 e. The van der Waals surface area contributed by atoms with E-state index in [1.54, 1.807) is 48.5 Å². The lowest BCUT2D eigenvalue weighted by Crippen LogP contribution is -2.48. The maximum atomic E-state index is 12.9. The van der Waals surface area contributed by atoms with E-state index >= 15 is 0 Å². The first-order chi connectivity index (χ1) is 10.1. The molecule has 0 aromatic heterocycles. The van der Waals surface area contributed by atoms with Gasteiger partial charge in [0.15, 0.2) is 0 Å². The summed E-state index contributed by atoms with van der Waals surface area (Å²) in [6, 6.07) is 15.9. The van der Waals surface area contributed by atoms with Crippen LogP contribution in [0.15, 0.2) is 54.6 Å². The van der Waals surface area contributed by atoms with Crippen LogP contribution in [0.2, 0.25) is 0 Å². The Kier molecular flexibility index (Phi) is 3.22. The number of fused-ring (bicyclic) bond motifs is 1. The number of rotatable bonds is 2. The molecule has 4 nitrogen and oxygen atoms in total. The van der Waals surface area contributed by atoms with Crippen molar-refractivity contribution in [3.63, 3.8) is 0 Å². The molecular formula is C17H14O4. The maximum Gasteiger partial charge on any atom is 0.304 e. The molecule has 0 saturated carbocycles. The second-order valence-electron chi connectivity index (χ2n) is 4.90. The van der Waals surface area contributed by atoms with E-state index in [0.717, 1.165) is 0 Å². The summed E-state index contributed by atoms with van der Waals surface area (Å²) in [6.07, 6.45) is 0. The molecule has 21 heavy (non-hydrogen) atoms. The highest BCUT2D eigenvalue weighted by molar-refractivity contribution is 6.07. The molecule has 0 amide bonds. The van der Waals surface area contributed by atoms with Crippen LogP contribution in [-0.2, 0) is 15.1 Å². The van der Waals surface area contributed by atoms with E-state index in [0.29, 0.717) is 16.9 Å². The lowest BCUT2D eigenvalue weighted by Gasteiger charge is -2.35. The molecule has 0 bridgehead atoms. The van der Waals surface area contributed by atoms with Crippen molar-refractivity contribution in [3.05, 3.63) is 65.7 Å². The van der Waals surface area contributed by atoms with Gasteiger partial charge < -0.3 is 9.47 Å². The van der Waals surface area contributed by atoms with E-state index < -0.39 is 11.6 Å². The molecule has 1 aliphatic heterocycles. The summed E-state index contributed by atoms with van der Waals surface area (Å²) in [5.41, 5.74) is -0.380. The van der Waals surface area contributed by atoms with Crippen molar-refractivity contribution < 1.29 is 19.1 Å². The third-order valence-electron chi connectivity index (χ3n) is 3.49. The summed E-state index contributed by atoms with van der Waals surface area (Å²) in [5.74, 6) is -0.262. The number of hydrogen-bond donors (Lipinski definition) is 0. The van der Waals surface area contributed by atoms with Crippen molar-refractivity contribution in [2.45, 2.75) is 12.5 Å². The Morgan fingerprint density at radius 3 is 2.48 bits per heavy atom. The van der Waals surface area contributed by atoms with Gasteiger partial charge in [-0.05, 0) is 12.1 Å². The van der Waals surface area contributed by atoms with Crippen LogP contribution in [0.4, 0.5) is 0 Å². The first-order valence-electron chi connectivity index (χ1n) is 6.65. The van der Waals surface area contributed by atoms with Gasteiger partial charge in [0.1, 0.15) is 12.4 Å². The van der Waals surface area contributed by atoms with Gasteiger partial charge in [-0.2, -0.15) is 0 Å². The van der Waals surface area contributed by atoms with Gasteiger partial charge in [0.25, 0.3) is 0 Å². The minimum atomic E-state index is -1.42. The topological polar surface area (TPSA) is 52.6 Å². The van der Waals surface area contributed by atoms with Gasteiger partial charge in [-0.3, -0.25) is 9.59 Å². The van der Waals surface area contributed by atoms with Gasteiger partial charge >= 0.3 is 5.97 Å². The van der Waals surface area contributed by atoms with Gasteiger partial charge in [-0.25, -0.2) is 0 Å². The van der Waals surface area contributed by atoms with Crippen LogP contribution in [0.1, 0.15) is 22.8 Å². The Morgan fingerprint density at radius 1 is 1.10 bits per heavy atom. The predicted molar refractivity (Wildman–Crippen MR) is 76.2 cm³/mol. The fourth-order valence-electron chi connectivity index (χ4n) is 2.54. The molecule has 1 aliphatic rings. The van der Waals surface area contributed by atoms with Crippen molar-refractivity contribution >= 4 is 11.8 Å². The number of benzene rings is 2. The standard InChI is InChI=1S/C17H14O4/c1-12(18)21-17(13-7-3-2-4-8-13)11-20-15-10-6-5-9-14(15)16(17)19/h2-10H,11H2,1H3. The number of hydrogen-bond acceptors (Lipinski definition) is 4. The zero-order valence-electron chi connectivity index (χ0n) is 11.5. The SMILES string of the molecule is CC(=O)OC1(c2ccccc2)COc2ccccc2C1=O. The zero-order valence-corrected chi connectivity index (χ0v) is 11.5. The van der Waals surface area contributed by atoms with Crippen LogP contribution in [0.25, 0.3) is 0 Å². The normalized spacial score (nSPS) is 20.3. The number of carbonyl (C=O) groups excluding carboxylic acids is 2. The van der Waals surface area contributed by atoms with Crippen LogP contribution < -0.4 is 4.74 Å². The van der Waals surface area contributed by atoms with Crippen molar-refractivity contribution in [2.24, 2.45) is 0 Å². The Bertz CT molecular complexity index is 693. The summed E-state index contributed by atoms with van der Waals surface area (Å²) in [7, 11) is 0. The van der Waals surface area contributed by atoms with E-state index in [2.05, 4.69) is 0 Å². The third-order valence-corrected chi connectivity index (χ3v) is 3.49. The van der Waals surface area contributed by atoms with Crippen LogP contribution >= 0.6 is 0 Å². The van der Waals surface area contributed by atoms with Gasteiger partial charge in [-0.1, -0.05) is 42.5 Å². The summed E-state index contributed by atoms with van der Waals surface area (Å²) >= 11 is 0. The first kappa shape index (κ1) is 13.4. The fourth-order valence-corrected chi connectivity index (χ4v) is 2.54. The Balaban J connectivity index is 2.15. The third kappa shape index (κ3) is 2.18. The van der Waals surface area contributed by atoms with E-state index in [9.17, 15) is 9.59 Å². The van der Waals surface area contributed by atoms with E-state index in [-0.39, 0.29) is 12.4 Å². The molecule has 0 radical (unpaired) electrons. The van der Waals surface area contributed by atoms with Crippen molar-refractivity contribution in [1.29, 1.82) is 0 Å². The molecule has 0 N–H and O–H groups in total. The van der Waals surface area contributed by atoms with E-state index in [1.165, 1.54) is 6.92 Å². The molecule has 2 aromatic rings. The Hall–Kier alpha value is -2.62. The zero-order chi connectivity index (χ0) is 14.9. The minimum absolute atomic E-state index is 0.0214. The van der Waals surface area contributed by atoms with Crippen molar-refractivity contribution in [2.75, 3.05) is 6.61 Å². The molecule has 2 aromatic carbocycles. The van der Waals surface area contributed by atoms with Gasteiger partial charge in [0.2, 0.25) is 11.4 Å². The van der Waals surface area contributed by atoms with Crippen LogP contribution in [-0.4, -0.2) is 18.4 Å². The molecule has 0 aliphatic carbocycles. The summed E-state index contributed by atoms with van der Waals surface area (Å²) in [5, 5.41) is 0. The molecule has 4 heteroatoms. The largest absolute Gasteiger partial charge is 0.488 e. The van der Waals surface area contributed by atoms with Crippen LogP contribution in [0.5, 0.6) is 5.75 Å². The highest BCUT2D eigenvalue weighted by atomic mass is 16.6. The Morgan fingerprint density at radius 2 is 1.76 bits per heavy atom. The number of esters is 1. The lowest BCUT2D eigenvalue weighted by molar-refractivity contribution is -0.156. The fraction of sp³-hybridized carbons (Fsp3) is 0.176. The summed E-state index contributed by atoms with van der Waals surface area (Å²) in [4.78, 5) is 24.4. The molecule has 106 valence electrons. The van der Waals surface area contributed by atoms with Crippen LogP contribution in [0, 0.1) is 0 Å². The molecule has 1 atom stereocenters. The quantitative estimate of drug-likeness (QED) is 0.795. The molecule has 1 heterocycles. The molecule has 1 unspecified atom stereocenters. The van der Waals surface area contributed by atoms with Gasteiger partial charge in [-0.15, -0.1) is 0 Å². The van der Waals surface area contributed by atoms with Gasteiger partial charge in [0.05, 0.1) is 5.56 Å². The second kappa shape index (κ2) is 5.05. The maximum absolute atomic E-state index is 12.9. The minimum Gasteiger partial charge on any atom is -0.488 e. The van der Waals surface area contributed by atoms with Gasteiger partial charge in [0, 0.05) is 12.5 Å². The average molecular weight is 282 g/mol. The number of ketones is 1. The molecule has 0 fully saturated rings. The predicted octanol–water partition coefficient (Wildman–Crippen LogP) is 2.72.